The molecule has 2 heteroatoms. The predicted molar refractivity (Wildman–Crippen MR) is 149 cm³/mol. The summed E-state index contributed by atoms with van der Waals surface area (Å²) in [7, 11) is 0. The first-order valence-corrected chi connectivity index (χ1v) is 11.1. The van der Waals surface area contributed by atoms with Gasteiger partial charge in [-0.05, 0) is 56.9 Å². The van der Waals surface area contributed by atoms with Gasteiger partial charge in [0.15, 0.2) is 0 Å². The molecule has 0 bridgehead atoms. The summed E-state index contributed by atoms with van der Waals surface area (Å²) in [5, 5.41) is 1.12. The van der Waals surface area contributed by atoms with Crippen molar-refractivity contribution in [1.29, 1.82) is 0 Å². The van der Waals surface area contributed by atoms with E-state index in [0.717, 1.165) is 10.8 Å². The Kier molecular flexibility index (Phi) is 2.21. The molecule has 2 heterocycles. The Morgan fingerprint density at radius 1 is 0.472 bits per heavy atom. The van der Waals surface area contributed by atoms with Crippen LogP contribution in [0.25, 0.3) is 76.9 Å². The van der Waals surface area contributed by atoms with E-state index in [1.54, 1.807) is 18.2 Å². The Labute approximate surface area is 225 Å². The standard InChI is InChI=1S/C34H20O2/c1-2-10-21(11-3-1)33-24-13-4-6-15-26(24)34(27-16-7-5-14-25(27)33)32-19-22-18-31-28(20-30(22)36-32)23-12-8-9-17-29(23)35-31/h1-20H/i1D,2D,3D,4D,5D,6D,7D,10D,11D,13D,14D,15D,16D. The molecule has 2 nitrogen and oxygen atoms in total. The highest BCUT2D eigenvalue weighted by Gasteiger charge is 2.19. The minimum Gasteiger partial charge on any atom is -0.456 e. The maximum absolute atomic E-state index is 9.08. The number of benzene rings is 6. The first kappa shape index (κ1) is 10.8. The van der Waals surface area contributed by atoms with Crippen molar-refractivity contribution in [2.45, 2.75) is 0 Å². The van der Waals surface area contributed by atoms with E-state index in [9.17, 15) is 0 Å². The summed E-state index contributed by atoms with van der Waals surface area (Å²) in [5.74, 6) is 0.0182. The van der Waals surface area contributed by atoms with Crippen LogP contribution in [-0.2, 0) is 0 Å². The average molecular weight is 474 g/mol. The van der Waals surface area contributed by atoms with Crippen molar-refractivity contribution in [2.24, 2.45) is 0 Å². The van der Waals surface area contributed by atoms with Gasteiger partial charge >= 0.3 is 0 Å². The number of fused-ring (bicyclic) bond motifs is 6. The van der Waals surface area contributed by atoms with E-state index in [0.29, 0.717) is 22.1 Å². The molecule has 0 spiro atoms. The maximum Gasteiger partial charge on any atom is 0.136 e. The zero-order valence-electron chi connectivity index (χ0n) is 31.4. The third-order valence-corrected chi connectivity index (χ3v) is 6.39. The zero-order chi connectivity index (χ0) is 35.0. The SMILES string of the molecule is [2H]c1c([2H])c([2H])c(-c2c3c([2H])c([2H])c([2H])c([2H])c3c(-c3cc4cc5oc6ccccc6c5cc4o3)c3c([2H])c([2H])c([2H])c([2H])c23)c([2H])c1[2H]. The molecule has 36 heavy (non-hydrogen) atoms. The van der Waals surface area contributed by atoms with Crippen LogP contribution >= 0.6 is 0 Å². The molecule has 0 unspecified atom stereocenters. The third kappa shape index (κ3) is 2.73. The minimum absolute atomic E-state index is 0.0182. The molecule has 2 aromatic heterocycles. The Bertz CT molecular complexity index is 2710. The summed E-state index contributed by atoms with van der Waals surface area (Å²) in [6.07, 6.45) is 0. The zero-order valence-corrected chi connectivity index (χ0v) is 18.4. The molecular formula is C34H20O2. The van der Waals surface area contributed by atoms with E-state index in [-0.39, 0.29) is 38.4 Å². The van der Waals surface area contributed by atoms with Crippen molar-refractivity contribution in [3.8, 4) is 22.5 Å². The summed E-state index contributed by atoms with van der Waals surface area (Å²) in [6, 6.07) is 3.88. The summed E-state index contributed by atoms with van der Waals surface area (Å²) in [5.41, 5.74) is 0.697. The molecule has 0 aliphatic carbocycles. The van der Waals surface area contributed by atoms with Crippen LogP contribution in [0.5, 0.6) is 0 Å². The second kappa shape index (κ2) is 7.34. The van der Waals surface area contributed by atoms with Crippen molar-refractivity contribution in [3.63, 3.8) is 0 Å². The molecule has 0 aliphatic rings. The predicted octanol–water partition coefficient (Wildman–Crippen LogP) is 9.97. The first-order valence-electron chi connectivity index (χ1n) is 17.6. The molecule has 0 radical (unpaired) electrons. The van der Waals surface area contributed by atoms with Gasteiger partial charge in [-0.15, -0.1) is 0 Å². The van der Waals surface area contributed by atoms with Gasteiger partial charge in [0.05, 0.1) is 17.8 Å². The lowest BCUT2D eigenvalue weighted by atomic mass is 9.87. The van der Waals surface area contributed by atoms with Crippen LogP contribution in [0.3, 0.4) is 0 Å². The van der Waals surface area contributed by atoms with Crippen LogP contribution in [-0.4, -0.2) is 0 Å². The third-order valence-electron chi connectivity index (χ3n) is 6.39. The van der Waals surface area contributed by atoms with E-state index in [2.05, 4.69) is 0 Å². The van der Waals surface area contributed by atoms with Crippen LogP contribution in [0.4, 0.5) is 0 Å². The lowest BCUT2D eigenvalue weighted by Crippen LogP contribution is -1.89. The molecule has 0 amide bonds. The fourth-order valence-electron chi connectivity index (χ4n) is 4.88. The van der Waals surface area contributed by atoms with Gasteiger partial charge < -0.3 is 8.83 Å². The molecule has 168 valence electrons. The van der Waals surface area contributed by atoms with E-state index >= 15 is 0 Å². The Hall–Kier alpha value is -4.82. The van der Waals surface area contributed by atoms with Crippen molar-refractivity contribution in [1.82, 2.24) is 0 Å². The van der Waals surface area contributed by atoms with Crippen molar-refractivity contribution >= 4 is 54.5 Å². The van der Waals surface area contributed by atoms with Crippen LogP contribution in [0, 0.1) is 0 Å². The molecule has 6 aromatic carbocycles. The van der Waals surface area contributed by atoms with Crippen LogP contribution < -0.4 is 0 Å². The number of rotatable bonds is 2. The number of furan rings is 2. The minimum atomic E-state index is -0.725. The van der Waals surface area contributed by atoms with Crippen LogP contribution in [0.1, 0.15) is 17.8 Å². The van der Waals surface area contributed by atoms with Crippen LogP contribution in [0.15, 0.2) is 130 Å². The Morgan fingerprint density at radius 3 is 1.83 bits per heavy atom. The highest BCUT2D eigenvalue weighted by molar-refractivity contribution is 6.21. The molecule has 0 fully saturated rings. The van der Waals surface area contributed by atoms with Crippen LogP contribution in [0.2, 0.25) is 0 Å². The highest BCUT2D eigenvalue weighted by Crippen LogP contribution is 2.45. The topological polar surface area (TPSA) is 26.3 Å². The van der Waals surface area contributed by atoms with Crippen molar-refractivity contribution < 1.29 is 26.7 Å². The average Bonchev–Trinajstić information content (AvgIpc) is 3.67. The summed E-state index contributed by atoms with van der Waals surface area (Å²) in [4.78, 5) is 0. The van der Waals surface area contributed by atoms with E-state index in [1.807, 2.05) is 24.3 Å². The van der Waals surface area contributed by atoms with E-state index in [4.69, 9.17) is 26.7 Å². The maximum atomic E-state index is 9.08. The van der Waals surface area contributed by atoms with Gasteiger partial charge in [0.1, 0.15) is 22.5 Å². The highest BCUT2D eigenvalue weighted by atomic mass is 16.3. The van der Waals surface area contributed by atoms with Crippen molar-refractivity contribution in [2.75, 3.05) is 0 Å². The molecule has 0 saturated carbocycles. The largest absolute Gasteiger partial charge is 0.456 e. The molecule has 0 atom stereocenters. The Balaban J connectivity index is 1.65. The van der Waals surface area contributed by atoms with Crippen molar-refractivity contribution in [3.05, 3.63) is 121 Å². The number of hydrogen-bond acceptors (Lipinski definition) is 2. The van der Waals surface area contributed by atoms with Gasteiger partial charge in [-0.3, -0.25) is 0 Å². The van der Waals surface area contributed by atoms with E-state index < -0.39 is 84.1 Å². The molecule has 0 N–H and O–H groups in total. The lowest BCUT2D eigenvalue weighted by molar-refractivity contribution is 0.633. The molecular weight excluding hydrogens is 440 g/mol. The molecule has 8 aromatic rings. The van der Waals surface area contributed by atoms with E-state index in [1.165, 1.54) is 0 Å². The number of para-hydroxylation sites is 1. The van der Waals surface area contributed by atoms with Gasteiger partial charge in [-0.1, -0.05) is 96.8 Å². The second-order valence-electron chi connectivity index (χ2n) is 8.35. The quantitative estimate of drug-likeness (QED) is 0.233. The molecule has 8 rings (SSSR count). The summed E-state index contributed by atoms with van der Waals surface area (Å²) >= 11 is 0. The summed E-state index contributed by atoms with van der Waals surface area (Å²) in [6.45, 7) is 0. The monoisotopic (exact) mass is 473 g/mol. The fourth-order valence-corrected chi connectivity index (χ4v) is 4.88. The van der Waals surface area contributed by atoms with Gasteiger partial charge in [-0.2, -0.15) is 0 Å². The smallest absolute Gasteiger partial charge is 0.136 e. The van der Waals surface area contributed by atoms with Gasteiger partial charge in [-0.25, -0.2) is 0 Å². The Morgan fingerprint density at radius 2 is 1.11 bits per heavy atom. The normalized spacial score (nSPS) is 16.9. The lowest BCUT2D eigenvalue weighted by Gasteiger charge is -2.16. The first-order chi connectivity index (χ1) is 23.2. The molecule has 0 saturated heterocycles. The van der Waals surface area contributed by atoms with Gasteiger partial charge in [0, 0.05) is 21.7 Å². The van der Waals surface area contributed by atoms with Gasteiger partial charge in [0.25, 0.3) is 0 Å². The van der Waals surface area contributed by atoms with Gasteiger partial charge in [0.2, 0.25) is 0 Å². The number of hydrogen-bond donors (Lipinski definition) is 0. The fraction of sp³-hybridized carbons (Fsp3) is 0. The molecule has 0 aliphatic heterocycles. The summed E-state index contributed by atoms with van der Waals surface area (Å²) < 4.78 is 125. The second-order valence-corrected chi connectivity index (χ2v) is 8.35.